The molecule has 0 saturated heterocycles. The third-order valence-electron chi connectivity index (χ3n) is 7.21. The minimum atomic E-state index is -0.798. The van der Waals surface area contributed by atoms with E-state index < -0.39 is 11.9 Å². The molecule has 2 heterocycles. The molecule has 8 heteroatoms. The number of amides is 2. The van der Waals surface area contributed by atoms with Gasteiger partial charge in [-0.25, -0.2) is 0 Å². The zero-order valence-electron chi connectivity index (χ0n) is 23.5. The van der Waals surface area contributed by atoms with Crippen molar-refractivity contribution >= 4 is 23.2 Å². The van der Waals surface area contributed by atoms with E-state index in [1.807, 2.05) is 18.2 Å². The van der Waals surface area contributed by atoms with Crippen LogP contribution in [0.1, 0.15) is 69.7 Å². The number of unbranched alkanes of at least 4 members (excludes halogenated alkanes) is 1. The molecule has 3 aromatic rings. The van der Waals surface area contributed by atoms with Gasteiger partial charge >= 0.3 is 0 Å². The van der Waals surface area contributed by atoms with E-state index in [0.29, 0.717) is 12.8 Å². The summed E-state index contributed by atoms with van der Waals surface area (Å²) >= 11 is 0. The van der Waals surface area contributed by atoms with Gasteiger partial charge in [0.25, 0.3) is 0 Å². The Balaban J connectivity index is 1.34. The van der Waals surface area contributed by atoms with Gasteiger partial charge in [0.15, 0.2) is 0 Å². The number of carbonyl (C=O) groups excluding carboxylic acids is 2. The zero-order chi connectivity index (χ0) is 28.7. The number of phenols is 1. The van der Waals surface area contributed by atoms with E-state index in [1.165, 1.54) is 5.56 Å². The number of nitrogens with one attached hydrogen (secondary N) is 1. The number of pyridine rings is 1. The first-order valence-electron chi connectivity index (χ1n) is 13.9. The van der Waals surface area contributed by atoms with Crippen LogP contribution in [0.3, 0.4) is 0 Å². The highest BCUT2D eigenvalue weighted by molar-refractivity contribution is 6.01. The number of benzene rings is 2. The summed E-state index contributed by atoms with van der Waals surface area (Å²) in [5.74, 6) is -0.641. The van der Waals surface area contributed by atoms with Gasteiger partial charge in [-0.05, 0) is 65.8 Å². The van der Waals surface area contributed by atoms with Gasteiger partial charge in [0.1, 0.15) is 11.8 Å². The molecule has 4 rings (SSSR count). The van der Waals surface area contributed by atoms with Crippen molar-refractivity contribution in [3.05, 3.63) is 89.7 Å². The fourth-order valence-corrected chi connectivity index (χ4v) is 4.88. The smallest absolute Gasteiger partial charge is 0.240 e. The van der Waals surface area contributed by atoms with E-state index in [4.69, 9.17) is 10.8 Å². The highest BCUT2D eigenvalue weighted by atomic mass is 16.3. The number of primary amides is 1. The van der Waals surface area contributed by atoms with Crippen molar-refractivity contribution in [3.63, 3.8) is 0 Å². The van der Waals surface area contributed by atoms with Crippen molar-refractivity contribution in [1.29, 1.82) is 0 Å². The molecule has 0 spiro atoms. The van der Waals surface area contributed by atoms with Gasteiger partial charge in [0.2, 0.25) is 11.8 Å². The number of carbonyl (C=O) groups is 2. The largest absolute Gasteiger partial charge is 0.508 e. The van der Waals surface area contributed by atoms with E-state index >= 15 is 0 Å². The second-order valence-corrected chi connectivity index (χ2v) is 11.4. The Bertz CT molecular complexity index is 1320. The van der Waals surface area contributed by atoms with Crippen LogP contribution in [0, 0.1) is 0 Å². The predicted molar refractivity (Wildman–Crippen MR) is 158 cm³/mol. The molecular weight excluding hydrogens is 502 g/mol. The fourth-order valence-electron chi connectivity index (χ4n) is 4.88. The van der Waals surface area contributed by atoms with Crippen LogP contribution in [0.4, 0.5) is 5.69 Å². The van der Waals surface area contributed by atoms with Gasteiger partial charge in [-0.2, -0.15) is 5.10 Å². The van der Waals surface area contributed by atoms with Crippen molar-refractivity contribution < 1.29 is 14.7 Å². The van der Waals surface area contributed by atoms with Crippen molar-refractivity contribution in [2.45, 2.75) is 76.8 Å². The third kappa shape index (κ3) is 7.68. The highest BCUT2D eigenvalue weighted by Crippen LogP contribution is 2.31. The Morgan fingerprint density at radius 2 is 1.77 bits per heavy atom. The van der Waals surface area contributed by atoms with Gasteiger partial charge in [-0.15, -0.1) is 0 Å². The van der Waals surface area contributed by atoms with Gasteiger partial charge in [0.05, 0.1) is 23.1 Å². The standard InChI is InChI=1S/C32H39N5O3/c1-32(2,3)23-13-15-24(16-14-23)37-25(21-28(36-37)27-9-6-7-19-34-27)8-4-5-10-30(39)35-29(31(33)40)20-22-11-17-26(38)18-12-22/h6-7,9,11-19,25,29,38H,4-5,8,10,20-21H2,1-3H3,(H2,33,40)(H,35,39). The van der Waals surface area contributed by atoms with Crippen LogP contribution < -0.4 is 16.1 Å². The molecule has 8 nitrogen and oxygen atoms in total. The highest BCUT2D eigenvalue weighted by Gasteiger charge is 2.29. The lowest BCUT2D eigenvalue weighted by molar-refractivity contribution is -0.127. The molecule has 1 aliphatic rings. The van der Waals surface area contributed by atoms with E-state index in [-0.39, 0.29) is 29.5 Å². The molecule has 1 aliphatic heterocycles. The Hall–Kier alpha value is -4.20. The van der Waals surface area contributed by atoms with E-state index in [9.17, 15) is 14.7 Å². The van der Waals surface area contributed by atoms with E-state index in [1.54, 1.807) is 30.5 Å². The molecule has 2 unspecified atom stereocenters. The van der Waals surface area contributed by atoms with Gasteiger partial charge in [0, 0.05) is 25.5 Å². The summed E-state index contributed by atoms with van der Waals surface area (Å²) in [6.45, 7) is 6.60. The number of nitrogens with two attached hydrogens (primary N) is 1. The molecule has 4 N–H and O–H groups in total. The normalized spacial score (nSPS) is 15.9. The van der Waals surface area contributed by atoms with Crippen molar-refractivity contribution in [2.24, 2.45) is 10.8 Å². The summed E-state index contributed by atoms with van der Waals surface area (Å²) in [6, 6.07) is 20.3. The van der Waals surface area contributed by atoms with Gasteiger partial charge in [-0.1, -0.05) is 57.5 Å². The number of anilines is 1. The first-order valence-corrected chi connectivity index (χ1v) is 13.9. The molecule has 0 saturated carbocycles. The van der Waals surface area contributed by atoms with Crippen LogP contribution in [0.2, 0.25) is 0 Å². The minimum Gasteiger partial charge on any atom is -0.508 e. The number of aromatic nitrogens is 1. The molecular formula is C32H39N5O3. The zero-order valence-corrected chi connectivity index (χ0v) is 23.5. The van der Waals surface area contributed by atoms with Crippen LogP contribution >= 0.6 is 0 Å². The van der Waals surface area contributed by atoms with Crippen LogP contribution in [0.5, 0.6) is 5.75 Å². The predicted octanol–water partition coefficient (Wildman–Crippen LogP) is 4.84. The Morgan fingerprint density at radius 3 is 2.40 bits per heavy atom. The lowest BCUT2D eigenvalue weighted by Gasteiger charge is -2.25. The second-order valence-electron chi connectivity index (χ2n) is 11.4. The number of nitrogens with zero attached hydrogens (tertiary/aromatic N) is 3. The van der Waals surface area contributed by atoms with Gasteiger partial charge < -0.3 is 16.2 Å². The first kappa shape index (κ1) is 28.8. The average molecular weight is 542 g/mol. The van der Waals surface area contributed by atoms with Crippen molar-refractivity contribution in [1.82, 2.24) is 10.3 Å². The lowest BCUT2D eigenvalue weighted by Crippen LogP contribution is -2.45. The average Bonchev–Trinajstić information content (AvgIpc) is 3.36. The molecule has 40 heavy (non-hydrogen) atoms. The maximum absolute atomic E-state index is 12.6. The van der Waals surface area contributed by atoms with E-state index in [0.717, 1.165) is 41.9 Å². The molecule has 2 amide bonds. The molecule has 2 atom stereocenters. The summed E-state index contributed by atoms with van der Waals surface area (Å²) in [7, 11) is 0. The lowest BCUT2D eigenvalue weighted by atomic mass is 9.87. The molecule has 210 valence electrons. The maximum Gasteiger partial charge on any atom is 0.240 e. The topological polar surface area (TPSA) is 121 Å². The van der Waals surface area contributed by atoms with Crippen LogP contribution in [-0.2, 0) is 21.4 Å². The molecule has 2 aromatic carbocycles. The number of hydrogen-bond acceptors (Lipinski definition) is 6. The van der Waals surface area contributed by atoms with Gasteiger partial charge in [-0.3, -0.25) is 19.6 Å². The fraction of sp³-hybridized carbons (Fsp3) is 0.375. The van der Waals surface area contributed by atoms with E-state index in [2.05, 4.69) is 60.3 Å². The molecule has 1 aromatic heterocycles. The van der Waals surface area contributed by atoms with Crippen LogP contribution in [0.25, 0.3) is 0 Å². The third-order valence-corrected chi connectivity index (χ3v) is 7.21. The number of aromatic hydroxyl groups is 1. The van der Waals surface area contributed by atoms with Crippen molar-refractivity contribution in [2.75, 3.05) is 5.01 Å². The number of hydrazone groups is 1. The second kappa shape index (κ2) is 12.8. The molecule has 0 fully saturated rings. The SMILES string of the molecule is CC(C)(C)c1ccc(N2N=C(c3ccccn3)CC2CCCCC(=O)NC(Cc2ccc(O)cc2)C(N)=O)cc1. The maximum atomic E-state index is 12.6. The molecule has 0 aliphatic carbocycles. The number of rotatable bonds is 11. The summed E-state index contributed by atoms with van der Waals surface area (Å²) in [4.78, 5) is 29.1. The Labute approximate surface area is 236 Å². The summed E-state index contributed by atoms with van der Waals surface area (Å²) in [5, 5.41) is 19.3. The number of hydrogen-bond donors (Lipinski definition) is 3. The quantitative estimate of drug-likeness (QED) is 0.300. The Kier molecular flexibility index (Phi) is 9.19. The Morgan fingerprint density at radius 1 is 1.05 bits per heavy atom. The minimum absolute atomic E-state index is 0.0729. The summed E-state index contributed by atoms with van der Waals surface area (Å²) in [5.41, 5.74) is 10.6. The van der Waals surface area contributed by atoms with Crippen molar-refractivity contribution in [3.8, 4) is 5.75 Å². The monoisotopic (exact) mass is 541 g/mol. The van der Waals surface area contributed by atoms with Crippen LogP contribution in [-0.4, -0.2) is 39.7 Å². The summed E-state index contributed by atoms with van der Waals surface area (Å²) in [6.07, 6.45) is 5.52. The van der Waals surface area contributed by atoms with Crippen LogP contribution in [0.15, 0.2) is 78.0 Å². The summed E-state index contributed by atoms with van der Waals surface area (Å²) < 4.78 is 0. The number of phenolic OH excluding ortho intramolecular Hbond substituents is 1. The first-order chi connectivity index (χ1) is 19.1. The molecule has 0 bridgehead atoms. The molecule has 0 radical (unpaired) electrons.